The summed E-state index contributed by atoms with van der Waals surface area (Å²) in [5.74, 6) is 0.543. The fourth-order valence-corrected chi connectivity index (χ4v) is 3.87. The zero-order valence-corrected chi connectivity index (χ0v) is 19.6. The first kappa shape index (κ1) is 23.9. The van der Waals surface area contributed by atoms with Crippen molar-refractivity contribution in [3.05, 3.63) is 47.4 Å². The van der Waals surface area contributed by atoms with Gasteiger partial charge in [0.25, 0.3) is 0 Å². The molecule has 1 fully saturated rings. The van der Waals surface area contributed by atoms with Crippen LogP contribution >= 0.6 is 0 Å². The fraction of sp³-hybridized carbons (Fsp3) is 0.480. The molecule has 3 aliphatic rings. The van der Waals surface area contributed by atoms with Gasteiger partial charge in [0.1, 0.15) is 18.1 Å². The molecular weight excluding hydrogens is 440 g/mol. The van der Waals surface area contributed by atoms with Gasteiger partial charge >= 0.3 is 0 Å². The maximum absolute atomic E-state index is 14.1. The molecule has 1 amide bonds. The van der Waals surface area contributed by atoms with E-state index in [2.05, 4.69) is 20.1 Å². The number of hydrazone groups is 1. The molecule has 1 aromatic carbocycles. The molecular formula is C25H29F2N5O2. The van der Waals surface area contributed by atoms with Crippen LogP contribution in [0.4, 0.5) is 8.78 Å². The quantitative estimate of drug-likeness (QED) is 0.411. The second-order valence-corrected chi connectivity index (χ2v) is 8.77. The number of halogens is 2. The maximum atomic E-state index is 14.1. The van der Waals surface area contributed by atoms with E-state index in [-0.39, 0.29) is 24.9 Å². The predicted octanol–water partition coefficient (Wildman–Crippen LogP) is 4.63. The van der Waals surface area contributed by atoms with Crippen molar-refractivity contribution in [2.75, 3.05) is 19.7 Å². The van der Waals surface area contributed by atoms with E-state index in [4.69, 9.17) is 4.74 Å². The third kappa shape index (κ3) is 5.81. The van der Waals surface area contributed by atoms with Crippen LogP contribution in [0.5, 0.6) is 0 Å². The van der Waals surface area contributed by atoms with Gasteiger partial charge in [0.2, 0.25) is 5.91 Å². The van der Waals surface area contributed by atoms with Crippen molar-refractivity contribution in [2.45, 2.75) is 58.0 Å². The Kier molecular flexibility index (Phi) is 7.29. The van der Waals surface area contributed by atoms with Gasteiger partial charge in [-0.2, -0.15) is 5.10 Å². The van der Waals surface area contributed by atoms with E-state index in [0.29, 0.717) is 50.4 Å². The van der Waals surface area contributed by atoms with Crippen LogP contribution in [0.1, 0.15) is 57.9 Å². The average molecular weight is 470 g/mol. The predicted molar refractivity (Wildman–Crippen MR) is 129 cm³/mol. The summed E-state index contributed by atoms with van der Waals surface area (Å²) in [6.45, 7) is 4.36. The standard InChI is InChI=1S/C25H29F2N5O2/c1-3-18(13-28-17(2)34-16-25(27)11-4-12-25)22-9-10-23(33)32(31-22)15-21-14-29-24(30-21)19-5-7-20(26)8-6-19/h5-8,13H,3-4,9-12,14-16H2,1-2H3/b18-13+,28-17?. The van der Waals surface area contributed by atoms with Crippen molar-refractivity contribution in [1.82, 2.24) is 5.01 Å². The van der Waals surface area contributed by atoms with Crippen LogP contribution in [0.3, 0.4) is 0 Å². The van der Waals surface area contributed by atoms with E-state index in [9.17, 15) is 13.6 Å². The lowest BCUT2D eigenvalue weighted by Crippen LogP contribution is -2.37. The number of carbonyl (C=O) groups excluding carboxylic acids is 1. The topological polar surface area (TPSA) is 79.0 Å². The van der Waals surface area contributed by atoms with E-state index in [1.807, 2.05) is 6.92 Å². The highest BCUT2D eigenvalue weighted by atomic mass is 19.1. The number of hydrogen-bond acceptors (Lipinski definition) is 6. The lowest BCUT2D eigenvalue weighted by atomic mass is 9.83. The van der Waals surface area contributed by atoms with Gasteiger partial charge in [-0.3, -0.25) is 9.79 Å². The van der Waals surface area contributed by atoms with Gasteiger partial charge in [-0.05, 0) is 55.5 Å². The fourth-order valence-electron chi connectivity index (χ4n) is 3.87. The molecule has 1 aromatic rings. The van der Waals surface area contributed by atoms with E-state index in [1.165, 1.54) is 17.1 Å². The Morgan fingerprint density at radius 3 is 2.71 bits per heavy atom. The van der Waals surface area contributed by atoms with E-state index in [1.54, 1.807) is 25.3 Å². The van der Waals surface area contributed by atoms with Crippen LogP contribution in [0.15, 0.2) is 56.1 Å². The molecule has 4 rings (SSSR count). The molecule has 0 radical (unpaired) electrons. The first-order chi connectivity index (χ1) is 16.3. The minimum absolute atomic E-state index is 0.0327. The Morgan fingerprint density at radius 1 is 1.26 bits per heavy atom. The second kappa shape index (κ2) is 10.4. The summed E-state index contributed by atoms with van der Waals surface area (Å²) >= 11 is 0. The molecule has 0 bridgehead atoms. The van der Waals surface area contributed by atoms with Gasteiger partial charge in [0.05, 0.1) is 24.5 Å². The number of aliphatic imine (C=N–C) groups is 3. The van der Waals surface area contributed by atoms with Crippen molar-refractivity contribution in [1.29, 1.82) is 0 Å². The molecule has 180 valence electrons. The molecule has 0 aromatic heterocycles. The number of amidine groups is 1. The monoisotopic (exact) mass is 469 g/mol. The minimum Gasteiger partial charge on any atom is -0.478 e. The minimum atomic E-state index is -1.22. The normalized spacial score (nSPS) is 20.5. The molecule has 1 saturated carbocycles. The number of amides is 1. The summed E-state index contributed by atoms with van der Waals surface area (Å²) in [5, 5.41) is 6.00. The zero-order chi connectivity index (χ0) is 24.1. The first-order valence-corrected chi connectivity index (χ1v) is 11.7. The van der Waals surface area contributed by atoms with Crippen LogP contribution < -0.4 is 0 Å². The molecule has 2 aliphatic heterocycles. The number of nitrogens with zero attached hydrogens (tertiary/aromatic N) is 5. The number of benzene rings is 1. The molecule has 34 heavy (non-hydrogen) atoms. The largest absolute Gasteiger partial charge is 0.478 e. The van der Waals surface area contributed by atoms with Gasteiger partial charge in [-0.1, -0.05) is 6.92 Å². The molecule has 0 unspecified atom stereocenters. The molecule has 0 spiro atoms. The van der Waals surface area contributed by atoms with Crippen LogP contribution in [0, 0.1) is 5.82 Å². The molecule has 0 saturated heterocycles. The first-order valence-electron chi connectivity index (χ1n) is 11.7. The van der Waals surface area contributed by atoms with Gasteiger partial charge in [-0.25, -0.2) is 23.8 Å². The Labute approximate surface area is 198 Å². The van der Waals surface area contributed by atoms with Crippen LogP contribution in [-0.2, 0) is 9.53 Å². The molecule has 1 aliphatic carbocycles. The van der Waals surface area contributed by atoms with E-state index >= 15 is 0 Å². The van der Waals surface area contributed by atoms with Crippen LogP contribution in [0.2, 0.25) is 0 Å². The average Bonchev–Trinajstić information content (AvgIpc) is 3.27. The van der Waals surface area contributed by atoms with Gasteiger partial charge < -0.3 is 4.74 Å². The Hall–Kier alpha value is -3.23. The molecule has 0 atom stereocenters. The zero-order valence-electron chi connectivity index (χ0n) is 19.6. The third-order valence-corrected chi connectivity index (χ3v) is 6.16. The number of allylic oxidation sites excluding steroid dienone is 1. The molecule has 9 heteroatoms. The number of alkyl halides is 1. The van der Waals surface area contributed by atoms with Crippen molar-refractivity contribution in [2.24, 2.45) is 20.1 Å². The van der Waals surface area contributed by atoms with Crippen molar-refractivity contribution in [3.63, 3.8) is 0 Å². The number of hydrogen-bond donors (Lipinski definition) is 0. The highest BCUT2D eigenvalue weighted by molar-refractivity contribution is 6.13. The Balaban J connectivity index is 1.41. The number of carbonyl (C=O) groups is 1. The summed E-state index contributed by atoms with van der Waals surface area (Å²) < 4.78 is 32.8. The van der Waals surface area contributed by atoms with Crippen molar-refractivity contribution < 1.29 is 18.3 Å². The van der Waals surface area contributed by atoms with E-state index in [0.717, 1.165) is 29.0 Å². The Bertz CT molecular complexity index is 1090. The number of ether oxygens (including phenoxy) is 1. The van der Waals surface area contributed by atoms with Crippen molar-refractivity contribution in [3.8, 4) is 0 Å². The SMILES string of the molecule is CC/C(=C\N=C(C)OCC1(F)CCC1)C1=NN(CC2=NC(c3ccc(F)cc3)=NC2)C(=O)CC1. The lowest BCUT2D eigenvalue weighted by Gasteiger charge is -2.33. The molecule has 0 N–H and O–H groups in total. The highest BCUT2D eigenvalue weighted by Crippen LogP contribution is 2.35. The summed E-state index contributed by atoms with van der Waals surface area (Å²) in [6.07, 6.45) is 5.23. The summed E-state index contributed by atoms with van der Waals surface area (Å²) in [4.78, 5) is 25.8. The smallest absolute Gasteiger partial charge is 0.243 e. The summed E-state index contributed by atoms with van der Waals surface area (Å²) in [5.41, 5.74) is 1.92. The van der Waals surface area contributed by atoms with E-state index < -0.39 is 5.67 Å². The van der Waals surface area contributed by atoms with Gasteiger partial charge in [0, 0.05) is 31.5 Å². The highest BCUT2D eigenvalue weighted by Gasteiger charge is 2.38. The van der Waals surface area contributed by atoms with Crippen LogP contribution in [-0.4, -0.2) is 59.4 Å². The Morgan fingerprint density at radius 2 is 2.03 bits per heavy atom. The summed E-state index contributed by atoms with van der Waals surface area (Å²) in [6, 6.07) is 6.00. The molecule has 7 nitrogen and oxygen atoms in total. The van der Waals surface area contributed by atoms with Crippen LogP contribution in [0.25, 0.3) is 0 Å². The summed E-state index contributed by atoms with van der Waals surface area (Å²) in [7, 11) is 0. The molecule has 2 heterocycles. The third-order valence-electron chi connectivity index (χ3n) is 6.16. The second-order valence-electron chi connectivity index (χ2n) is 8.77. The maximum Gasteiger partial charge on any atom is 0.243 e. The van der Waals surface area contributed by atoms with Crippen molar-refractivity contribution >= 4 is 29.1 Å². The van der Waals surface area contributed by atoms with Gasteiger partial charge in [0.15, 0.2) is 11.7 Å². The van der Waals surface area contributed by atoms with Gasteiger partial charge in [-0.15, -0.1) is 0 Å². The lowest BCUT2D eigenvalue weighted by molar-refractivity contribution is -0.130. The number of rotatable bonds is 8.